The van der Waals surface area contributed by atoms with Crippen molar-refractivity contribution in [1.29, 1.82) is 0 Å². The van der Waals surface area contributed by atoms with Gasteiger partial charge in [0.2, 0.25) is 0 Å². The number of thiocarbonyl (C=S) groups is 1. The van der Waals surface area contributed by atoms with E-state index in [-0.39, 0.29) is 11.7 Å². The number of benzene rings is 1. The zero-order chi connectivity index (χ0) is 15.3. The third-order valence-corrected chi connectivity index (χ3v) is 3.56. The topological polar surface area (TPSA) is 66.6 Å². The predicted octanol–water partition coefficient (Wildman–Crippen LogP) is 2.77. The van der Waals surface area contributed by atoms with Crippen LogP contribution in [0, 0.1) is 9.49 Å². The van der Waals surface area contributed by atoms with Crippen LogP contribution in [0.4, 0.5) is 0 Å². The summed E-state index contributed by atoms with van der Waals surface area (Å²) in [5.41, 5.74) is 5.83. The SMILES string of the molecule is CC(C)CN(CCC(N)=S)C(=O)c1cc(I)ccc1O. The highest BCUT2D eigenvalue weighted by atomic mass is 127. The molecule has 1 amide bonds. The molecule has 20 heavy (non-hydrogen) atoms. The van der Waals surface area contributed by atoms with Crippen LogP contribution in [0.5, 0.6) is 5.75 Å². The number of hydrogen-bond acceptors (Lipinski definition) is 3. The van der Waals surface area contributed by atoms with Gasteiger partial charge in [0.05, 0.1) is 10.6 Å². The molecule has 0 aliphatic rings. The van der Waals surface area contributed by atoms with Gasteiger partial charge >= 0.3 is 0 Å². The maximum atomic E-state index is 12.5. The predicted molar refractivity (Wildman–Crippen MR) is 93.0 cm³/mol. The number of rotatable bonds is 6. The third-order valence-electron chi connectivity index (χ3n) is 2.69. The molecule has 0 bridgehead atoms. The molecule has 1 rings (SSSR count). The average molecular weight is 406 g/mol. The van der Waals surface area contributed by atoms with Crippen molar-refractivity contribution in [2.75, 3.05) is 13.1 Å². The molecule has 0 saturated heterocycles. The molecule has 0 atom stereocenters. The second-order valence-electron chi connectivity index (χ2n) is 5.02. The summed E-state index contributed by atoms with van der Waals surface area (Å²) in [5.74, 6) is 0.140. The van der Waals surface area contributed by atoms with Gasteiger partial charge in [-0.1, -0.05) is 26.1 Å². The number of hydrogen-bond donors (Lipinski definition) is 2. The minimum atomic E-state index is -0.189. The first-order valence-electron chi connectivity index (χ1n) is 6.37. The van der Waals surface area contributed by atoms with Crippen molar-refractivity contribution >= 4 is 45.7 Å². The normalized spacial score (nSPS) is 10.6. The Balaban J connectivity index is 2.96. The van der Waals surface area contributed by atoms with Crippen molar-refractivity contribution in [3.8, 4) is 5.75 Å². The number of halogens is 1. The van der Waals surface area contributed by atoms with Gasteiger partial charge < -0.3 is 15.7 Å². The van der Waals surface area contributed by atoms with E-state index in [1.54, 1.807) is 17.0 Å². The maximum absolute atomic E-state index is 12.5. The van der Waals surface area contributed by atoms with E-state index in [4.69, 9.17) is 18.0 Å². The minimum Gasteiger partial charge on any atom is -0.507 e. The summed E-state index contributed by atoms with van der Waals surface area (Å²) in [7, 11) is 0. The molecule has 110 valence electrons. The number of amides is 1. The van der Waals surface area contributed by atoms with Crippen LogP contribution < -0.4 is 5.73 Å². The number of carbonyl (C=O) groups excluding carboxylic acids is 1. The highest BCUT2D eigenvalue weighted by Crippen LogP contribution is 2.22. The van der Waals surface area contributed by atoms with Gasteiger partial charge in [-0.25, -0.2) is 0 Å². The summed E-state index contributed by atoms with van der Waals surface area (Å²) in [6.45, 7) is 5.15. The fourth-order valence-corrected chi connectivity index (χ4v) is 2.39. The number of carbonyl (C=O) groups is 1. The first-order chi connectivity index (χ1) is 9.31. The molecular weight excluding hydrogens is 387 g/mol. The summed E-state index contributed by atoms with van der Waals surface area (Å²) < 4.78 is 0.905. The second-order valence-corrected chi connectivity index (χ2v) is 6.79. The Bertz CT molecular complexity index is 506. The van der Waals surface area contributed by atoms with Gasteiger partial charge in [0.1, 0.15) is 5.75 Å². The lowest BCUT2D eigenvalue weighted by molar-refractivity contribution is 0.0738. The fraction of sp³-hybridized carbons (Fsp3) is 0.429. The molecule has 6 heteroatoms. The molecular formula is C14H19IN2O2S. The Morgan fingerprint density at radius 1 is 1.50 bits per heavy atom. The number of aromatic hydroxyl groups is 1. The van der Waals surface area contributed by atoms with Crippen LogP contribution in [0.15, 0.2) is 18.2 Å². The number of phenolic OH excluding ortho intramolecular Hbond substituents is 1. The van der Waals surface area contributed by atoms with E-state index in [1.165, 1.54) is 6.07 Å². The van der Waals surface area contributed by atoms with Crippen LogP contribution in [0.25, 0.3) is 0 Å². The summed E-state index contributed by atoms with van der Waals surface area (Å²) in [4.78, 5) is 14.6. The molecule has 1 aromatic rings. The van der Waals surface area contributed by atoms with Gasteiger partial charge in [-0.15, -0.1) is 0 Å². The Morgan fingerprint density at radius 3 is 2.70 bits per heavy atom. The highest BCUT2D eigenvalue weighted by Gasteiger charge is 2.20. The lowest BCUT2D eigenvalue weighted by Crippen LogP contribution is -2.36. The molecule has 0 fully saturated rings. The van der Waals surface area contributed by atoms with Crippen molar-refractivity contribution in [1.82, 2.24) is 4.90 Å². The Kier molecular flexibility index (Phi) is 6.67. The summed E-state index contributed by atoms with van der Waals surface area (Å²) in [5, 5.41) is 9.86. The van der Waals surface area contributed by atoms with Crippen LogP contribution in [-0.2, 0) is 0 Å². The van der Waals surface area contributed by atoms with E-state index in [9.17, 15) is 9.90 Å². The Hall–Kier alpha value is -0.890. The van der Waals surface area contributed by atoms with Gasteiger partial charge in [-0.05, 0) is 46.7 Å². The van der Waals surface area contributed by atoms with Crippen molar-refractivity contribution in [2.24, 2.45) is 11.7 Å². The Labute approximate surface area is 138 Å². The van der Waals surface area contributed by atoms with E-state index in [2.05, 4.69) is 22.6 Å². The van der Waals surface area contributed by atoms with Gasteiger partial charge in [0.25, 0.3) is 5.91 Å². The van der Waals surface area contributed by atoms with Crippen LogP contribution in [-0.4, -0.2) is 34.0 Å². The zero-order valence-electron chi connectivity index (χ0n) is 11.6. The molecule has 0 spiro atoms. The smallest absolute Gasteiger partial charge is 0.257 e. The lowest BCUT2D eigenvalue weighted by atomic mass is 10.1. The fourth-order valence-electron chi connectivity index (χ4n) is 1.81. The van der Waals surface area contributed by atoms with Crippen molar-refractivity contribution in [3.05, 3.63) is 27.3 Å². The van der Waals surface area contributed by atoms with E-state index in [0.29, 0.717) is 36.0 Å². The van der Waals surface area contributed by atoms with Crippen LogP contribution in [0.3, 0.4) is 0 Å². The van der Waals surface area contributed by atoms with Crippen LogP contribution in [0.2, 0.25) is 0 Å². The largest absolute Gasteiger partial charge is 0.507 e. The standard InChI is InChI=1S/C14H19IN2O2S/c1-9(2)8-17(6-5-13(16)20)14(19)11-7-10(15)3-4-12(11)18/h3-4,7,9,18H,5-6,8H2,1-2H3,(H2,16,20). The number of nitrogens with two attached hydrogens (primary N) is 1. The molecule has 0 unspecified atom stereocenters. The van der Waals surface area contributed by atoms with Crippen molar-refractivity contribution in [2.45, 2.75) is 20.3 Å². The van der Waals surface area contributed by atoms with E-state index in [0.717, 1.165) is 3.57 Å². The molecule has 0 radical (unpaired) electrons. The molecule has 3 N–H and O–H groups in total. The van der Waals surface area contributed by atoms with Gasteiger partial charge in [-0.3, -0.25) is 4.79 Å². The number of nitrogens with zero attached hydrogens (tertiary/aromatic N) is 1. The maximum Gasteiger partial charge on any atom is 0.257 e. The summed E-state index contributed by atoms with van der Waals surface area (Å²) in [6, 6.07) is 4.98. The van der Waals surface area contributed by atoms with Crippen molar-refractivity contribution < 1.29 is 9.90 Å². The molecule has 4 nitrogen and oxygen atoms in total. The lowest BCUT2D eigenvalue weighted by Gasteiger charge is -2.25. The number of phenols is 1. The quantitative estimate of drug-likeness (QED) is 0.563. The minimum absolute atomic E-state index is 0.000466. The molecule has 1 aromatic carbocycles. The average Bonchev–Trinajstić information content (AvgIpc) is 2.36. The van der Waals surface area contributed by atoms with Crippen LogP contribution >= 0.6 is 34.8 Å². The van der Waals surface area contributed by atoms with Gasteiger partial charge in [-0.2, -0.15) is 0 Å². The molecule has 0 aliphatic heterocycles. The van der Waals surface area contributed by atoms with Gasteiger partial charge in [0, 0.05) is 23.1 Å². The third kappa shape index (κ3) is 5.24. The first kappa shape index (κ1) is 17.2. The molecule has 0 saturated carbocycles. The monoisotopic (exact) mass is 406 g/mol. The van der Waals surface area contributed by atoms with E-state index < -0.39 is 0 Å². The second kappa shape index (κ2) is 7.78. The molecule has 0 aliphatic carbocycles. The Morgan fingerprint density at radius 2 is 2.15 bits per heavy atom. The summed E-state index contributed by atoms with van der Waals surface area (Å²) in [6.07, 6.45) is 0.485. The van der Waals surface area contributed by atoms with Crippen LogP contribution in [0.1, 0.15) is 30.6 Å². The van der Waals surface area contributed by atoms with Crippen molar-refractivity contribution in [3.63, 3.8) is 0 Å². The zero-order valence-corrected chi connectivity index (χ0v) is 14.6. The molecule has 0 aromatic heterocycles. The first-order valence-corrected chi connectivity index (χ1v) is 7.86. The van der Waals surface area contributed by atoms with E-state index >= 15 is 0 Å². The van der Waals surface area contributed by atoms with E-state index in [1.807, 2.05) is 13.8 Å². The highest BCUT2D eigenvalue weighted by molar-refractivity contribution is 14.1. The van der Waals surface area contributed by atoms with Gasteiger partial charge in [0.15, 0.2) is 0 Å². The summed E-state index contributed by atoms with van der Waals surface area (Å²) >= 11 is 6.98. The molecule has 0 heterocycles.